The van der Waals surface area contributed by atoms with E-state index in [-0.39, 0.29) is 4.90 Å². The van der Waals surface area contributed by atoms with Crippen LogP contribution in [0.25, 0.3) is 22.9 Å². The Balaban J connectivity index is 1.55. The second-order valence-electron chi connectivity index (χ2n) is 6.70. The summed E-state index contributed by atoms with van der Waals surface area (Å²) in [6, 6.07) is 23.6. The van der Waals surface area contributed by atoms with Crippen LogP contribution in [0.2, 0.25) is 0 Å². The van der Waals surface area contributed by atoms with E-state index in [0.717, 1.165) is 10.5 Å². The molecule has 8 heteroatoms. The molecule has 1 aromatic heterocycles. The van der Waals surface area contributed by atoms with Crippen LogP contribution in [0, 0.1) is 0 Å². The Morgan fingerprint density at radius 2 is 1.50 bits per heavy atom. The molecule has 0 fully saturated rings. The zero-order valence-corrected chi connectivity index (χ0v) is 17.4. The van der Waals surface area contributed by atoms with E-state index in [1.165, 1.54) is 4.31 Å². The van der Waals surface area contributed by atoms with Crippen molar-refractivity contribution in [3.8, 4) is 22.9 Å². The molecule has 0 radical (unpaired) electrons. The molecule has 150 valence electrons. The average molecular weight is 436 g/mol. The van der Waals surface area contributed by atoms with Crippen molar-refractivity contribution in [1.82, 2.24) is 10.2 Å². The molecular formula is C22H17N3O3S2. The first-order valence-electron chi connectivity index (χ1n) is 9.37. The second kappa shape index (κ2) is 7.62. The monoisotopic (exact) mass is 435 g/mol. The van der Waals surface area contributed by atoms with Gasteiger partial charge < -0.3 is 4.42 Å². The predicted octanol–water partition coefficient (Wildman–Crippen LogP) is 4.70. The summed E-state index contributed by atoms with van der Waals surface area (Å²) in [4.78, 5) is 1.18. The SMILES string of the molecule is O=S(=O)(c1ccccc1)N1CCSc2ccc(-c3nnc(-c4ccccc4)o3)cc21. The van der Waals surface area contributed by atoms with Crippen LogP contribution in [0.15, 0.2) is 93.1 Å². The van der Waals surface area contributed by atoms with Crippen LogP contribution in [0.4, 0.5) is 5.69 Å². The number of sulfonamides is 1. The van der Waals surface area contributed by atoms with Gasteiger partial charge in [-0.2, -0.15) is 0 Å². The first kappa shape index (κ1) is 18.9. The molecular weight excluding hydrogens is 418 g/mol. The van der Waals surface area contributed by atoms with Crippen LogP contribution in [0.3, 0.4) is 0 Å². The van der Waals surface area contributed by atoms with E-state index in [0.29, 0.717) is 35.3 Å². The highest BCUT2D eigenvalue weighted by molar-refractivity contribution is 8.00. The highest BCUT2D eigenvalue weighted by Crippen LogP contribution is 2.40. The van der Waals surface area contributed by atoms with E-state index in [9.17, 15) is 8.42 Å². The van der Waals surface area contributed by atoms with Gasteiger partial charge in [0.15, 0.2) is 0 Å². The van der Waals surface area contributed by atoms with Crippen LogP contribution in [-0.2, 0) is 10.0 Å². The first-order chi connectivity index (χ1) is 14.6. The predicted molar refractivity (Wildman–Crippen MR) is 117 cm³/mol. The van der Waals surface area contributed by atoms with E-state index in [4.69, 9.17) is 4.42 Å². The minimum absolute atomic E-state index is 0.275. The summed E-state index contributed by atoms with van der Waals surface area (Å²) in [5, 5.41) is 8.30. The molecule has 4 aromatic rings. The number of anilines is 1. The highest BCUT2D eigenvalue weighted by Gasteiger charge is 2.30. The van der Waals surface area contributed by atoms with Crippen molar-refractivity contribution >= 4 is 27.5 Å². The van der Waals surface area contributed by atoms with Gasteiger partial charge in [0.1, 0.15) is 0 Å². The van der Waals surface area contributed by atoms with Crippen molar-refractivity contribution in [2.45, 2.75) is 9.79 Å². The van der Waals surface area contributed by atoms with Crippen molar-refractivity contribution in [2.24, 2.45) is 0 Å². The zero-order valence-electron chi connectivity index (χ0n) is 15.8. The van der Waals surface area contributed by atoms with Gasteiger partial charge in [0.25, 0.3) is 10.0 Å². The molecule has 30 heavy (non-hydrogen) atoms. The Kier molecular flexibility index (Phi) is 4.80. The average Bonchev–Trinajstić information content (AvgIpc) is 3.30. The standard InChI is InChI=1S/C22H17N3O3S2/c26-30(27,18-9-5-2-6-10-18)25-13-14-29-20-12-11-17(15-19(20)25)22-24-23-21(28-22)16-7-3-1-4-8-16/h1-12,15H,13-14H2. The lowest BCUT2D eigenvalue weighted by Gasteiger charge is -2.30. The lowest BCUT2D eigenvalue weighted by Crippen LogP contribution is -2.35. The number of benzene rings is 3. The molecule has 6 nitrogen and oxygen atoms in total. The number of nitrogens with zero attached hydrogens (tertiary/aromatic N) is 3. The van der Waals surface area contributed by atoms with Gasteiger partial charge in [0.2, 0.25) is 11.8 Å². The number of fused-ring (bicyclic) bond motifs is 1. The van der Waals surface area contributed by atoms with Crippen molar-refractivity contribution in [3.05, 3.63) is 78.9 Å². The fraction of sp³-hybridized carbons (Fsp3) is 0.0909. The van der Waals surface area contributed by atoms with E-state index in [1.807, 2.05) is 48.5 Å². The van der Waals surface area contributed by atoms with E-state index >= 15 is 0 Å². The van der Waals surface area contributed by atoms with Crippen LogP contribution in [0.1, 0.15) is 0 Å². The van der Waals surface area contributed by atoms with Gasteiger partial charge in [-0.1, -0.05) is 36.4 Å². The number of hydrogen-bond donors (Lipinski definition) is 0. The largest absolute Gasteiger partial charge is 0.416 e. The zero-order chi connectivity index (χ0) is 20.6. The van der Waals surface area contributed by atoms with Gasteiger partial charge in [0.05, 0.1) is 10.6 Å². The molecule has 0 N–H and O–H groups in total. The quantitative estimate of drug-likeness (QED) is 0.462. The van der Waals surface area contributed by atoms with E-state index in [1.54, 1.807) is 42.1 Å². The molecule has 0 spiro atoms. The normalized spacial score (nSPS) is 13.8. The van der Waals surface area contributed by atoms with Crippen LogP contribution in [0.5, 0.6) is 0 Å². The van der Waals surface area contributed by atoms with Gasteiger partial charge in [-0.15, -0.1) is 22.0 Å². The van der Waals surface area contributed by atoms with Gasteiger partial charge in [-0.25, -0.2) is 8.42 Å². The summed E-state index contributed by atoms with van der Waals surface area (Å²) < 4.78 is 33.8. The molecule has 0 aliphatic carbocycles. The number of rotatable bonds is 4. The topological polar surface area (TPSA) is 76.3 Å². The lowest BCUT2D eigenvalue weighted by atomic mass is 10.2. The van der Waals surface area contributed by atoms with Gasteiger partial charge in [0, 0.05) is 28.3 Å². The van der Waals surface area contributed by atoms with Crippen molar-refractivity contribution in [1.29, 1.82) is 0 Å². The number of hydrogen-bond acceptors (Lipinski definition) is 6. The molecule has 3 aromatic carbocycles. The summed E-state index contributed by atoms with van der Waals surface area (Å²) in [5.41, 5.74) is 2.14. The Morgan fingerprint density at radius 1 is 0.833 bits per heavy atom. The second-order valence-corrected chi connectivity index (χ2v) is 9.70. The third kappa shape index (κ3) is 3.38. The minimum atomic E-state index is -3.66. The summed E-state index contributed by atoms with van der Waals surface area (Å²) in [7, 11) is -3.66. The third-order valence-corrected chi connectivity index (χ3v) is 7.67. The van der Waals surface area contributed by atoms with Crippen LogP contribution >= 0.6 is 11.8 Å². The summed E-state index contributed by atoms with van der Waals surface area (Å²) in [5.74, 6) is 1.47. The summed E-state index contributed by atoms with van der Waals surface area (Å²) in [6.45, 7) is 0.400. The molecule has 5 rings (SSSR count). The molecule has 0 atom stereocenters. The van der Waals surface area contributed by atoms with E-state index in [2.05, 4.69) is 10.2 Å². The Morgan fingerprint density at radius 3 is 2.23 bits per heavy atom. The van der Waals surface area contributed by atoms with Gasteiger partial charge in [-0.05, 0) is 42.5 Å². The van der Waals surface area contributed by atoms with Crippen molar-refractivity contribution < 1.29 is 12.8 Å². The van der Waals surface area contributed by atoms with Gasteiger partial charge in [-0.3, -0.25) is 4.31 Å². The lowest BCUT2D eigenvalue weighted by molar-refractivity contribution is 0.584. The molecule has 0 saturated heterocycles. The third-order valence-electron chi connectivity index (χ3n) is 4.80. The molecule has 2 heterocycles. The molecule has 0 saturated carbocycles. The van der Waals surface area contributed by atoms with Crippen molar-refractivity contribution in [2.75, 3.05) is 16.6 Å². The first-order valence-corrected chi connectivity index (χ1v) is 11.8. The van der Waals surface area contributed by atoms with E-state index < -0.39 is 10.0 Å². The van der Waals surface area contributed by atoms with Crippen LogP contribution in [-0.4, -0.2) is 30.9 Å². The molecule has 1 aliphatic rings. The fourth-order valence-corrected chi connectivity index (χ4v) is 5.98. The summed E-state index contributed by atoms with van der Waals surface area (Å²) in [6.07, 6.45) is 0. The number of thioether (sulfide) groups is 1. The molecule has 0 unspecified atom stereocenters. The maximum atomic E-state index is 13.3. The Bertz CT molecular complexity index is 1290. The van der Waals surface area contributed by atoms with Crippen LogP contribution < -0.4 is 4.31 Å². The maximum absolute atomic E-state index is 13.3. The van der Waals surface area contributed by atoms with Crippen molar-refractivity contribution in [3.63, 3.8) is 0 Å². The Hall–Kier alpha value is -3.10. The molecule has 0 amide bonds. The minimum Gasteiger partial charge on any atom is -0.416 e. The Labute approximate surface area is 178 Å². The summed E-state index contributed by atoms with van der Waals surface area (Å²) >= 11 is 1.64. The maximum Gasteiger partial charge on any atom is 0.264 e. The smallest absolute Gasteiger partial charge is 0.264 e. The fourth-order valence-electron chi connectivity index (χ4n) is 3.33. The highest BCUT2D eigenvalue weighted by atomic mass is 32.2. The molecule has 0 bridgehead atoms. The number of aromatic nitrogens is 2. The molecule has 1 aliphatic heterocycles. The van der Waals surface area contributed by atoms with Gasteiger partial charge >= 0.3 is 0 Å².